The van der Waals surface area contributed by atoms with Crippen molar-refractivity contribution in [2.24, 2.45) is 5.92 Å². The highest BCUT2D eigenvalue weighted by Gasteiger charge is 2.28. The maximum Gasteiger partial charge on any atom is 0.326 e. The lowest BCUT2D eigenvalue weighted by Crippen LogP contribution is -2.45. The predicted molar refractivity (Wildman–Crippen MR) is 216 cm³/mol. The standard InChI is InChI=1S/C46H52N4O5/c1-5-6-7-8-9-25-55-40-22-18-34(19-23-40)38-30-48-43(49-31-38)36-14-12-32(13-15-36)26-37(28-42(51)35-16-20-39(21-17-35)46(2,3)4)44(52)50-41(45(53)54)27-33-11-10-24-47-29-33/h10-24,29-31,37,41H,5-9,25-28H2,1-4H3,(H,50,52)(H,53,54)/t37-,41?/m1/s1. The number of benzene rings is 3. The van der Waals surface area contributed by atoms with Crippen LogP contribution in [0.2, 0.25) is 0 Å². The molecule has 0 aliphatic carbocycles. The average Bonchev–Trinajstić information content (AvgIpc) is 3.19. The van der Waals surface area contributed by atoms with Gasteiger partial charge < -0.3 is 15.2 Å². The molecule has 0 saturated heterocycles. The van der Waals surface area contributed by atoms with Crippen molar-refractivity contribution in [2.75, 3.05) is 6.61 Å². The van der Waals surface area contributed by atoms with Gasteiger partial charge in [-0.25, -0.2) is 14.8 Å². The van der Waals surface area contributed by atoms with Crippen LogP contribution in [0.25, 0.3) is 22.5 Å². The van der Waals surface area contributed by atoms with Crippen LogP contribution in [-0.4, -0.2) is 50.4 Å². The summed E-state index contributed by atoms with van der Waals surface area (Å²) in [7, 11) is 0. The molecule has 2 heterocycles. The first-order chi connectivity index (χ1) is 26.5. The molecule has 5 aromatic rings. The largest absolute Gasteiger partial charge is 0.494 e. The maximum atomic E-state index is 13.8. The van der Waals surface area contributed by atoms with Gasteiger partial charge in [0.25, 0.3) is 0 Å². The third-order valence-corrected chi connectivity index (χ3v) is 9.70. The summed E-state index contributed by atoms with van der Waals surface area (Å²) >= 11 is 0. The number of hydrogen-bond acceptors (Lipinski definition) is 7. The third-order valence-electron chi connectivity index (χ3n) is 9.70. The van der Waals surface area contributed by atoms with Crippen LogP contribution in [0, 0.1) is 5.92 Å². The van der Waals surface area contributed by atoms with Gasteiger partial charge in [0.2, 0.25) is 5.91 Å². The molecule has 1 amide bonds. The molecular weight excluding hydrogens is 689 g/mol. The fraction of sp³-hybridized carbons (Fsp3) is 0.348. The number of hydrogen-bond donors (Lipinski definition) is 2. The van der Waals surface area contributed by atoms with Crippen LogP contribution < -0.4 is 10.1 Å². The summed E-state index contributed by atoms with van der Waals surface area (Å²) < 4.78 is 5.91. The zero-order valence-corrected chi connectivity index (χ0v) is 32.3. The summed E-state index contributed by atoms with van der Waals surface area (Å²) in [5.74, 6) is -1.26. The number of carboxylic acids is 1. The monoisotopic (exact) mass is 740 g/mol. The van der Waals surface area contributed by atoms with Gasteiger partial charge in [0.05, 0.1) is 6.61 Å². The van der Waals surface area contributed by atoms with Crippen molar-refractivity contribution in [1.82, 2.24) is 20.3 Å². The zero-order chi connectivity index (χ0) is 39.2. The van der Waals surface area contributed by atoms with E-state index < -0.39 is 23.8 Å². The smallest absolute Gasteiger partial charge is 0.326 e. The van der Waals surface area contributed by atoms with Gasteiger partial charge in [0.15, 0.2) is 11.6 Å². The molecule has 2 N–H and O–H groups in total. The van der Waals surface area contributed by atoms with Crippen molar-refractivity contribution in [3.05, 3.63) is 132 Å². The molecule has 2 aromatic heterocycles. The summed E-state index contributed by atoms with van der Waals surface area (Å²) in [6, 6.07) is 25.3. The van der Waals surface area contributed by atoms with E-state index in [0.717, 1.165) is 46.6 Å². The molecule has 0 radical (unpaired) electrons. The molecule has 0 saturated carbocycles. The average molecular weight is 741 g/mol. The molecule has 0 bridgehead atoms. The number of ketones is 1. The first-order valence-electron chi connectivity index (χ1n) is 19.2. The van der Waals surface area contributed by atoms with Crippen molar-refractivity contribution in [1.29, 1.82) is 0 Å². The number of nitrogens with one attached hydrogen (secondary N) is 1. The van der Waals surface area contributed by atoms with E-state index in [1.54, 1.807) is 49.1 Å². The van der Waals surface area contributed by atoms with Crippen LogP contribution in [0.5, 0.6) is 5.75 Å². The molecule has 0 spiro atoms. The summed E-state index contributed by atoms with van der Waals surface area (Å²) in [6.45, 7) is 9.25. The van der Waals surface area contributed by atoms with Crippen LogP contribution >= 0.6 is 0 Å². The number of pyridine rings is 1. The number of Topliss-reactive ketones (excluding diaryl/α,β-unsaturated/α-hetero) is 1. The fourth-order valence-electron chi connectivity index (χ4n) is 6.34. The molecule has 0 aliphatic heterocycles. The molecule has 286 valence electrons. The van der Waals surface area contributed by atoms with E-state index in [-0.39, 0.29) is 30.5 Å². The summed E-state index contributed by atoms with van der Waals surface area (Å²) in [5.41, 5.74) is 5.71. The molecular formula is C46H52N4O5. The van der Waals surface area contributed by atoms with Gasteiger partial charge in [-0.2, -0.15) is 0 Å². The van der Waals surface area contributed by atoms with E-state index in [9.17, 15) is 19.5 Å². The first-order valence-corrected chi connectivity index (χ1v) is 19.2. The number of aromatic nitrogens is 3. The number of nitrogens with zero attached hydrogens (tertiary/aromatic N) is 3. The van der Waals surface area contributed by atoms with E-state index >= 15 is 0 Å². The number of ether oxygens (including phenoxy) is 1. The van der Waals surface area contributed by atoms with Crippen LogP contribution in [0.15, 0.2) is 110 Å². The Morgan fingerprint density at radius 2 is 1.42 bits per heavy atom. The van der Waals surface area contributed by atoms with Gasteiger partial charge in [0.1, 0.15) is 11.8 Å². The number of unbranched alkanes of at least 4 members (excludes halogenated alkanes) is 4. The number of amides is 1. The Kier molecular flexibility index (Phi) is 14.4. The van der Waals surface area contributed by atoms with Gasteiger partial charge in [0, 0.05) is 60.2 Å². The second kappa shape index (κ2) is 19.6. The van der Waals surface area contributed by atoms with Crippen molar-refractivity contribution in [2.45, 2.75) is 90.5 Å². The van der Waals surface area contributed by atoms with Gasteiger partial charge in [-0.05, 0) is 58.7 Å². The highest BCUT2D eigenvalue weighted by Crippen LogP contribution is 2.26. The van der Waals surface area contributed by atoms with E-state index in [0.29, 0.717) is 17.0 Å². The Labute approximate surface area is 324 Å². The number of rotatable bonds is 19. The number of carbonyl (C=O) groups is 3. The molecule has 5 rings (SSSR count). The van der Waals surface area contributed by atoms with Gasteiger partial charge in [-0.15, -0.1) is 0 Å². The highest BCUT2D eigenvalue weighted by molar-refractivity contribution is 5.99. The second-order valence-corrected chi connectivity index (χ2v) is 15.1. The SMILES string of the molecule is CCCCCCCOc1ccc(-c2cnc(-c3ccc(C[C@H](CC(=O)c4ccc(C(C)(C)C)cc4)C(=O)NC(Cc4cccnc4)C(=O)O)cc3)nc2)cc1. The Morgan fingerprint density at radius 3 is 2.04 bits per heavy atom. The molecule has 0 aliphatic rings. The Hall–Kier alpha value is -5.70. The minimum atomic E-state index is -1.18. The third kappa shape index (κ3) is 12.2. The van der Waals surface area contributed by atoms with Crippen LogP contribution in [0.1, 0.15) is 93.3 Å². The Morgan fingerprint density at radius 1 is 0.745 bits per heavy atom. The van der Waals surface area contributed by atoms with Crippen molar-refractivity contribution in [3.63, 3.8) is 0 Å². The van der Waals surface area contributed by atoms with Crippen molar-refractivity contribution in [3.8, 4) is 28.3 Å². The fourth-order valence-corrected chi connectivity index (χ4v) is 6.34. The van der Waals surface area contributed by atoms with Crippen LogP contribution in [0.3, 0.4) is 0 Å². The van der Waals surface area contributed by atoms with Crippen molar-refractivity contribution >= 4 is 17.7 Å². The molecule has 9 nitrogen and oxygen atoms in total. The minimum Gasteiger partial charge on any atom is -0.494 e. The normalized spacial score (nSPS) is 12.4. The topological polar surface area (TPSA) is 131 Å². The zero-order valence-electron chi connectivity index (χ0n) is 32.3. The number of carboxylic acid groups (broad SMARTS) is 1. The molecule has 55 heavy (non-hydrogen) atoms. The Balaban J connectivity index is 1.26. The maximum absolute atomic E-state index is 13.8. The van der Waals surface area contributed by atoms with Crippen molar-refractivity contribution < 1.29 is 24.2 Å². The van der Waals surface area contributed by atoms with Gasteiger partial charge in [-0.1, -0.05) is 120 Å². The highest BCUT2D eigenvalue weighted by atomic mass is 16.5. The summed E-state index contributed by atoms with van der Waals surface area (Å²) in [4.78, 5) is 52.9. The quantitative estimate of drug-likeness (QED) is 0.0633. The van der Waals surface area contributed by atoms with E-state index in [4.69, 9.17) is 4.74 Å². The summed E-state index contributed by atoms with van der Waals surface area (Å²) in [5, 5.41) is 12.7. The van der Waals surface area contributed by atoms with E-state index in [2.05, 4.69) is 48.0 Å². The van der Waals surface area contributed by atoms with E-state index in [1.807, 2.05) is 60.7 Å². The number of carbonyl (C=O) groups excluding carboxylic acids is 2. The van der Waals surface area contributed by atoms with E-state index in [1.165, 1.54) is 25.7 Å². The molecule has 3 aromatic carbocycles. The van der Waals surface area contributed by atoms with Crippen LogP contribution in [0.4, 0.5) is 0 Å². The molecule has 2 atom stereocenters. The molecule has 9 heteroatoms. The lowest BCUT2D eigenvalue weighted by atomic mass is 9.85. The number of aliphatic carboxylic acids is 1. The van der Waals surface area contributed by atoms with Gasteiger partial charge >= 0.3 is 5.97 Å². The van der Waals surface area contributed by atoms with Crippen LogP contribution in [-0.2, 0) is 27.8 Å². The summed E-state index contributed by atoms with van der Waals surface area (Å²) in [6.07, 6.45) is 13.0. The molecule has 1 unspecified atom stereocenters. The second-order valence-electron chi connectivity index (χ2n) is 15.1. The minimum absolute atomic E-state index is 0.0658. The Bertz CT molecular complexity index is 1970. The predicted octanol–water partition coefficient (Wildman–Crippen LogP) is 9.10. The lowest BCUT2D eigenvalue weighted by Gasteiger charge is -2.21. The first kappa shape index (κ1) is 40.5. The lowest BCUT2D eigenvalue weighted by molar-refractivity contribution is -0.142. The van der Waals surface area contributed by atoms with Gasteiger partial charge in [-0.3, -0.25) is 14.6 Å². The molecule has 0 fully saturated rings.